The Morgan fingerprint density at radius 2 is 1.84 bits per heavy atom. The van der Waals surface area contributed by atoms with E-state index in [0.29, 0.717) is 24.5 Å². The van der Waals surface area contributed by atoms with Gasteiger partial charge in [-0.15, -0.1) is 0 Å². The highest BCUT2D eigenvalue weighted by Gasteiger charge is 2.15. The summed E-state index contributed by atoms with van der Waals surface area (Å²) in [6.07, 6.45) is 1.61. The number of thiazole rings is 1. The van der Waals surface area contributed by atoms with Crippen molar-refractivity contribution in [2.45, 2.75) is 0 Å². The normalized spacial score (nSPS) is 13.9. The van der Waals surface area contributed by atoms with Crippen molar-refractivity contribution in [3.05, 3.63) is 72.4 Å². The number of pyridine rings is 1. The minimum atomic E-state index is -0.209. The quantitative estimate of drug-likeness (QED) is 0.484. The van der Waals surface area contributed by atoms with Gasteiger partial charge in [0.1, 0.15) is 11.3 Å². The SMILES string of the molecule is O=C(Nc1cccc2sc(Nc3ccccc3)nc12)c1ccc(N2CCOCC2)nc1. The molecule has 0 atom stereocenters. The fourth-order valence-corrected chi connectivity index (χ4v) is 4.36. The minimum absolute atomic E-state index is 0.209. The molecule has 31 heavy (non-hydrogen) atoms. The predicted molar refractivity (Wildman–Crippen MR) is 125 cm³/mol. The molecule has 2 aromatic heterocycles. The minimum Gasteiger partial charge on any atom is -0.378 e. The monoisotopic (exact) mass is 431 g/mol. The second-order valence-electron chi connectivity index (χ2n) is 7.12. The first kappa shape index (κ1) is 19.5. The zero-order valence-electron chi connectivity index (χ0n) is 16.7. The molecule has 0 saturated carbocycles. The van der Waals surface area contributed by atoms with E-state index in [1.54, 1.807) is 23.6 Å². The van der Waals surface area contributed by atoms with E-state index in [0.717, 1.165) is 39.9 Å². The number of nitrogens with zero attached hydrogens (tertiary/aromatic N) is 3. The van der Waals surface area contributed by atoms with Crippen LogP contribution in [0.3, 0.4) is 0 Å². The van der Waals surface area contributed by atoms with Crippen molar-refractivity contribution in [2.75, 3.05) is 41.8 Å². The van der Waals surface area contributed by atoms with E-state index >= 15 is 0 Å². The fraction of sp³-hybridized carbons (Fsp3) is 0.174. The van der Waals surface area contributed by atoms with Crippen LogP contribution >= 0.6 is 11.3 Å². The number of carbonyl (C=O) groups is 1. The van der Waals surface area contributed by atoms with Crippen molar-refractivity contribution in [3.63, 3.8) is 0 Å². The number of para-hydroxylation sites is 2. The van der Waals surface area contributed by atoms with Gasteiger partial charge in [-0.2, -0.15) is 0 Å². The summed E-state index contributed by atoms with van der Waals surface area (Å²) in [5, 5.41) is 7.07. The number of benzene rings is 2. The number of nitrogens with one attached hydrogen (secondary N) is 2. The number of morpholine rings is 1. The van der Waals surface area contributed by atoms with Crippen LogP contribution in [-0.4, -0.2) is 42.2 Å². The zero-order chi connectivity index (χ0) is 21.0. The second kappa shape index (κ2) is 8.71. The molecule has 3 heterocycles. The molecule has 1 fully saturated rings. The van der Waals surface area contributed by atoms with Gasteiger partial charge in [0.25, 0.3) is 5.91 Å². The number of rotatable bonds is 5. The summed E-state index contributed by atoms with van der Waals surface area (Å²) in [7, 11) is 0. The average molecular weight is 432 g/mol. The van der Waals surface area contributed by atoms with Crippen LogP contribution in [0, 0.1) is 0 Å². The first-order valence-corrected chi connectivity index (χ1v) is 10.9. The Labute approximate surface area is 183 Å². The summed E-state index contributed by atoms with van der Waals surface area (Å²) in [4.78, 5) is 24.1. The van der Waals surface area contributed by atoms with Gasteiger partial charge in [0, 0.05) is 25.0 Å². The molecule has 2 aromatic carbocycles. The fourth-order valence-electron chi connectivity index (χ4n) is 3.44. The van der Waals surface area contributed by atoms with Gasteiger partial charge in [0.15, 0.2) is 5.13 Å². The molecular formula is C23H21N5O2S. The lowest BCUT2D eigenvalue weighted by Crippen LogP contribution is -2.36. The van der Waals surface area contributed by atoms with Crippen LogP contribution < -0.4 is 15.5 Å². The maximum Gasteiger partial charge on any atom is 0.257 e. The Hall–Kier alpha value is -3.49. The third kappa shape index (κ3) is 4.35. The summed E-state index contributed by atoms with van der Waals surface area (Å²) in [5.74, 6) is 0.650. The molecule has 0 spiro atoms. The molecular weight excluding hydrogens is 410 g/mol. The number of amides is 1. The summed E-state index contributed by atoms with van der Waals surface area (Å²) < 4.78 is 6.37. The Kier molecular flexibility index (Phi) is 5.47. The third-order valence-corrected chi connectivity index (χ3v) is 5.97. The van der Waals surface area contributed by atoms with E-state index in [4.69, 9.17) is 4.74 Å². The summed E-state index contributed by atoms with van der Waals surface area (Å²) >= 11 is 1.55. The maximum absolute atomic E-state index is 12.8. The van der Waals surface area contributed by atoms with Crippen LogP contribution in [0.2, 0.25) is 0 Å². The van der Waals surface area contributed by atoms with Crippen molar-refractivity contribution < 1.29 is 9.53 Å². The Bertz CT molecular complexity index is 1190. The van der Waals surface area contributed by atoms with Gasteiger partial charge in [0.05, 0.1) is 29.2 Å². The summed E-state index contributed by atoms with van der Waals surface area (Å²) in [6, 6.07) is 19.4. The lowest BCUT2D eigenvalue weighted by Gasteiger charge is -2.27. The summed E-state index contributed by atoms with van der Waals surface area (Å²) in [5.41, 5.74) is 2.92. The van der Waals surface area contributed by atoms with E-state index in [1.807, 2.05) is 54.6 Å². The second-order valence-corrected chi connectivity index (χ2v) is 8.15. The van der Waals surface area contributed by atoms with Gasteiger partial charge in [-0.1, -0.05) is 35.6 Å². The molecule has 7 nitrogen and oxygen atoms in total. The number of hydrogen-bond acceptors (Lipinski definition) is 7. The topological polar surface area (TPSA) is 79.4 Å². The third-order valence-electron chi connectivity index (χ3n) is 5.04. The molecule has 1 amide bonds. The van der Waals surface area contributed by atoms with E-state index < -0.39 is 0 Å². The molecule has 1 aliphatic rings. The molecule has 4 aromatic rings. The van der Waals surface area contributed by atoms with Crippen LogP contribution in [0.25, 0.3) is 10.2 Å². The van der Waals surface area contributed by atoms with E-state index in [2.05, 4.69) is 25.5 Å². The van der Waals surface area contributed by atoms with E-state index in [-0.39, 0.29) is 5.91 Å². The van der Waals surface area contributed by atoms with Crippen LogP contribution in [-0.2, 0) is 4.74 Å². The van der Waals surface area contributed by atoms with Crippen molar-refractivity contribution >= 4 is 49.8 Å². The standard InChI is InChI=1S/C23H21N5O2S/c29-22(16-9-10-20(24-15-16)28-11-13-30-14-12-28)26-18-7-4-8-19-21(18)27-23(31-19)25-17-5-2-1-3-6-17/h1-10,15H,11-14H2,(H,25,27)(H,26,29). The zero-order valence-corrected chi connectivity index (χ0v) is 17.6. The van der Waals surface area contributed by atoms with E-state index in [1.165, 1.54) is 0 Å². The lowest BCUT2D eigenvalue weighted by molar-refractivity contribution is 0.102. The molecule has 2 N–H and O–H groups in total. The highest BCUT2D eigenvalue weighted by molar-refractivity contribution is 7.22. The number of fused-ring (bicyclic) bond motifs is 1. The number of aromatic nitrogens is 2. The molecule has 8 heteroatoms. The van der Waals surface area contributed by atoms with Gasteiger partial charge in [0.2, 0.25) is 0 Å². The van der Waals surface area contributed by atoms with Crippen molar-refractivity contribution in [2.24, 2.45) is 0 Å². The van der Waals surface area contributed by atoms with Crippen molar-refractivity contribution in [1.82, 2.24) is 9.97 Å². The summed E-state index contributed by atoms with van der Waals surface area (Å²) in [6.45, 7) is 3.01. The number of ether oxygens (including phenoxy) is 1. The Morgan fingerprint density at radius 1 is 1.00 bits per heavy atom. The molecule has 0 aliphatic carbocycles. The van der Waals surface area contributed by atoms with Crippen LogP contribution in [0.15, 0.2) is 66.9 Å². The molecule has 0 unspecified atom stereocenters. The van der Waals surface area contributed by atoms with Gasteiger partial charge in [-0.05, 0) is 36.4 Å². The average Bonchev–Trinajstić information content (AvgIpc) is 3.24. The molecule has 1 aliphatic heterocycles. The van der Waals surface area contributed by atoms with Gasteiger partial charge >= 0.3 is 0 Å². The van der Waals surface area contributed by atoms with Gasteiger partial charge < -0.3 is 20.3 Å². The molecule has 5 rings (SSSR count). The first-order chi connectivity index (χ1) is 15.3. The van der Waals surface area contributed by atoms with Crippen LogP contribution in [0.5, 0.6) is 0 Å². The molecule has 1 saturated heterocycles. The lowest BCUT2D eigenvalue weighted by atomic mass is 10.2. The highest BCUT2D eigenvalue weighted by Crippen LogP contribution is 2.32. The molecule has 0 radical (unpaired) electrons. The van der Waals surface area contributed by atoms with Gasteiger partial charge in [-0.25, -0.2) is 9.97 Å². The van der Waals surface area contributed by atoms with Crippen LogP contribution in [0.1, 0.15) is 10.4 Å². The number of anilines is 4. The Morgan fingerprint density at radius 3 is 2.61 bits per heavy atom. The van der Waals surface area contributed by atoms with Crippen LogP contribution in [0.4, 0.5) is 22.3 Å². The van der Waals surface area contributed by atoms with Crippen molar-refractivity contribution in [3.8, 4) is 0 Å². The number of hydrogen-bond donors (Lipinski definition) is 2. The highest BCUT2D eigenvalue weighted by atomic mass is 32.1. The molecule has 0 bridgehead atoms. The number of carbonyl (C=O) groups excluding carboxylic acids is 1. The Balaban J connectivity index is 1.33. The van der Waals surface area contributed by atoms with E-state index in [9.17, 15) is 4.79 Å². The molecule has 156 valence electrons. The smallest absolute Gasteiger partial charge is 0.257 e. The predicted octanol–water partition coefficient (Wildman–Crippen LogP) is 4.52. The van der Waals surface area contributed by atoms with Gasteiger partial charge in [-0.3, -0.25) is 4.79 Å². The first-order valence-electron chi connectivity index (χ1n) is 10.1. The van der Waals surface area contributed by atoms with Crippen molar-refractivity contribution in [1.29, 1.82) is 0 Å². The largest absolute Gasteiger partial charge is 0.378 e. The maximum atomic E-state index is 12.8.